The number of nitrogens with two attached hydrogens (primary N) is 1. The van der Waals surface area contributed by atoms with Crippen LogP contribution >= 0.6 is 12.4 Å². The van der Waals surface area contributed by atoms with E-state index in [1.165, 1.54) is 22.5 Å². The van der Waals surface area contributed by atoms with Crippen molar-refractivity contribution in [1.82, 2.24) is 14.4 Å². The Morgan fingerprint density at radius 3 is 2.46 bits per heavy atom. The molecule has 0 atom stereocenters. The summed E-state index contributed by atoms with van der Waals surface area (Å²) in [6.07, 6.45) is 4.93. The van der Waals surface area contributed by atoms with Gasteiger partial charge in [0.05, 0.1) is 5.54 Å². The van der Waals surface area contributed by atoms with Crippen LogP contribution in [0.25, 0.3) is 0 Å². The molecule has 1 aliphatic carbocycles. The minimum Gasteiger partial charge on any atom is -0.339 e. The highest BCUT2D eigenvalue weighted by Crippen LogP contribution is 2.36. The highest BCUT2D eigenvalue weighted by atomic mass is 35.5. The highest BCUT2D eigenvalue weighted by molar-refractivity contribution is 7.89. The van der Waals surface area contributed by atoms with E-state index in [-0.39, 0.29) is 36.3 Å². The summed E-state index contributed by atoms with van der Waals surface area (Å²) in [4.78, 5) is 4.23. The topological polar surface area (TPSA) is 102 Å². The molecule has 4 rings (SSSR count). The van der Waals surface area contributed by atoms with Gasteiger partial charge in [0, 0.05) is 19.0 Å². The maximum Gasteiger partial charge on any atom is 0.245 e. The zero-order valence-electron chi connectivity index (χ0n) is 15.4. The van der Waals surface area contributed by atoms with E-state index in [2.05, 4.69) is 10.1 Å². The average molecular weight is 431 g/mol. The molecule has 1 aromatic carbocycles. The Morgan fingerprint density at radius 2 is 1.82 bits per heavy atom. The van der Waals surface area contributed by atoms with E-state index in [0.717, 1.165) is 31.7 Å². The molecule has 1 aromatic heterocycles. The molecule has 0 spiro atoms. The first-order valence-corrected chi connectivity index (χ1v) is 10.7. The molecule has 154 valence electrons. The van der Waals surface area contributed by atoms with Crippen molar-refractivity contribution in [3.8, 4) is 0 Å². The van der Waals surface area contributed by atoms with Gasteiger partial charge in [-0.2, -0.15) is 9.29 Å². The van der Waals surface area contributed by atoms with Gasteiger partial charge in [0.1, 0.15) is 10.7 Å². The lowest BCUT2D eigenvalue weighted by molar-refractivity contribution is 0.268. The summed E-state index contributed by atoms with van der Waals surface area (Å²) in [5.41, 5.74) is 5.87. The summed E-state index contributed by atoms with van der Waals surface area (Å²) >= 11 is 0. The van der Waals surface area contributed by atoms with E-state index >= 15 is 0 Å². The maximum atomic E-state index is 13.9. The van der Waals surface area contributed by atoms with Crippen molar-refractivity contribution in [2.24, 2.45) is 5.73 Å². The van der Waals surface area contributed by atoms with Crippen LogP contribution in [0.2, 0.25) is 0 Å². The van der Waals surface area contributed by atoms with E-state index in [9.17, 15) is 12.8 Å². The number of hydrogen-bond donors (Lipinski definition) is 1. The first-order valence-electron chi connectivity index (χ1n) is 9.28. The fourth-order valence-electron chi connectivity index (χ4n) is 3.97. The molecule has 0 bridgehead atoms. The van der Waals surface area contributed by atoms with Crippen molar-refractivity contribution in [2.45, 2.75) is 54.9 Å². The molecule has 1 saturated carbocycles. The number of nitrogens with zero attached hydrogens (tertiary/aromatic N) is 3. The number of halogens is 2. The lowest BCUT2D eigenvalue weighted by Gasteiger charge is -2.29. The minimum atomic E-state index is -3.84. The third-order valence-corrected chi connectivity index (χ3v) is 7.57. The van der Waals surface area contributed by atoms with Crippen LogP contribution in [0, 0.1) is 5.82 Å². The van der Waals surface area contributed by atoms with Crippen LogP contribution in [0.1, 0.15) is 56.2 Å². The van der Waals surface area contributed by atoms with Gasteiger partial charge in [0.2, 0.25) is 15.9 Å². The lowest BCUT2D eigenvalue weighted by atomic mass is 9.97. The summed E-state index contributed by atoms with van der Waals surface area (Å²) in [5, 5.41) is 4.08. The molecule has 10 heteroatoms. The van der Waals surface area contributed by atoms with Crippen molar-refractivity contribution in [2.75, 3.05) is 13.1 Å². The van der Waals surface area contributed by atoms with Crippen LogP contribution < -0.4 is 5.73 Å². The molecule has 0 radical (unpaired) electrons. The average Bonchev–Trinajstić information content (AvgIpc) is 3.32. The fourth-order valence-corrected chi connectivity index (χ4v) is 5.50. The number of rotatable bonds is 4. The first kappa shape index (κ1) is 21.2. The summed E-state index contributed by atoms with van der Waals surface area (Å²) in [5.74, 6) is 0.329. The fraction of sp³-hybridized carbons (Fsp3) is 0.556. The normalized spacial score (nSPS) is 20.8. The van der Waals surface area contributed by atoms with Gasteiger partial charge in [-0.3, -0.25) is 0 Å². The Morgan fingerprint density at radius 1 is 1.18 bits per heavy atom. The number of piperidine rings is 1. The van der Waals surface area contributed by atoms with Gasteiger partial charge in [-0.05, 0) is 37.8 Å². The number of sulfonamides is 1. The third-order valence-electron chi connectivity index (χ3n) is 5.64. The SMILES string of the molecule is Cl.NC1(c2noc(C3CCN(S(=O)(=O)c4ccccc4F)CC3)n2)CCCC1. The molecule has 1 aliphatic heterocycles. The Labute approximate surface area is 169 Å². The van der Waals surface area contributed by atoms with E-state index < -0.39 is 21.4 Å². The molecule has 0 unspecified atom stereocenters. The van der Waals surface area contributed by atoms with Crippen molar-refractivity contribution >= 4 is 22.4 Å². The van der Waals surface area contributed by atoms with E-state index in [1.807, 2.05) is 0 Å². The van der Waals surface area contributed by atoms with Crippen molar-refractivity contribution in [3.63, 3.8) is 0 Å². The van der Waals surface area contributed by atoms with Crippen LogP contribution in [0.5, 0.6) is 0 Å². The maximum absolute atomic E-state index is 13.9. The molecule has 2 heterocycles. The van der Waals surface area contributed by atoms with Gasteiger partial charge in [-0.15, -0.1) is 12.4 Å². The zero-order valence-corrected chi connectivity index (χ0v) is 17.0. The van der Waals surface area contributed by atoms with E-state index in [4.69, 9.17) is 10.3 Å². The van der Waals surface area contributed by atoms with Crippen molar-refractivity contribution in [3.05, 3.63) is 41.8 Å². The van der Waals surface area contributed by atoms with Crippen molar-refractivity contribution < 1.29 is 17.3 Å². The number of aromatic nitrogens is 2. The van der Waals surface area contributed by atoms with Gasteiger partial charge in [0.25, 0.3) is 0 Å². The Kier molecular flexibility index (Phi) is 6.09. The van der Waals surface area contributed by atoms with Crippen LogP contribution in [0.4, 0.5) is 4.39 Å². The second kappa shape index (κ2) is 8.06. The summed E-state index contributed by atoms with van der Waals surface area (Å²) in [6.45, 7) is 0.569. The summed E-state index contributed by atoms with van der Waals surface area (Å²) in [7, 11) is -3.84. The van der Waals surface area contributed by atoms with Gasteiger partial charge in [0.15, 0.2) is 5.82 Å². The number of hydrogen-bond acceptors (Lipinski definition) is 6. The molecule has 2 aromatic rings. The zero-order chi connectivity index (χ0) is 19.1. The van der Waals surface area contributed by atoms with Gasteiger partial charge < -0.3 is 10.3 Å². The molecule has 1 saturated heterocycles. The van der Waals surface area contributed by atoms with E-state index in [1.54, 1.807) is 0 Å². The molecule has 0 amide bonds. The van der Waals surface area contributed by atoms with Crippen LogP contribution in [0.15, 0.2) is 33.7 Å². The predicted octanol–water partition coefficient (Wildman–Crippen LogP) is 2.93. The third kappa shape index (κ3) is 3.80. The monoisotopic (exact) mass is 430 g/mol. The van der Waals surface area contributed by atoms with Gasteiger partial charge in [-0.25, -0.2) is 12.8 Å². The minimum absolute atomic E-state index is 0. The summed E-state index contributed by atoms with van der Waals surface area (Å²) < 4.78 is 46.1. The van der Waals surface area contributed by atoms with Crippen LogP contribution in [-0.2, 0) is 15.6 Å². The molecule has 7 nitrogen and oxygen atoms in total. The van der Waals surface area contributed by atoms with Crippen molar-refractivity contribution in [1.29, 1.82) is 0 Å². The first-order chi connectivity index (χ1) is 12.9. The second-order valence-corrected chi connectivity index (χ2v) is 9.33. The summed E-state index contributed by atoms with van der Waals surface area (Å²) in [6, 6.07) is 5.45. The Hall–Kier alpha value is -1.55. The standard InChI is InChI=1S/C18H23FN4O3S.ClH/c19-14-5-1-2-6-15(14)27(24,25)23-11-7-13(8-12-23)16-21-17(22-26-16)18(20)9-3-4-10-18;/h1-2,5-6,13H,3-4,7-12,20H2;1H. The van der Waals surface area contributed by atoms with Gasteiger partial charge in [-0.1, -0.05) is 30.1 Å². The lowest BCUT2D eigenvalue weighted by Crippen LogP contribution is -2.38. The smallest absolute Gasteiger partial charge is 0.245 e. The number of benzene rings is 1. The molecular weight excluding hydrogens is 407 g/mol. The van der Waals surface area contributed by atoms with Crippen LogP contribution in [-0.4, -0.2) is 36.0 Å². The molecule has 2 fully saturated rings. The van der Waals surface area contributed by atoms with Gasteiger partial charge >= 0.3 is 0 Å². The van der Waals surface area contributed by atoms with Crippen LogP contribution in [0.3, 0.4) is 0 Å². The second-order valence-electron chi connectivity index (χ2n) is 7.43. The van der Waals surface area contributed by atoms with E-state index in [0.29, 0.717) is 24.6 Å². The molecule has 28 heavy (non-hydrogen) atoms. The predicted molar refractivity (Wildman–Crippen MR) is 103 cm³/mol. The highest BCUT2D eigenvalue weighted by Gasteiger charge is 2.38. The molecular formula is C18H24ClFN4O3S. The molecule has 2 N–H and O–H groups in total. The molecule has 2 aliphatic rings. The largest absolute Gasteiger partial charge is 0.339 e. The Bertz CT molecular complexity index is 922. The quantitative estimate of drug-likeness (QED) is 0.799. The Balaban J connectivity index is 0.00000225.